The van der Waals surface area contributed by atoms with Gasteiger partial charge in [-0.15, -0.1) is 0 Å². The SMILES string of the molecule is Cc1ccc(S(=O)(=O)O)cc1.N=C(N)c1cccc(CCCCc2ccc(N)cc2)c1. The Bertz CT molecular complexity index is 1090. The fourth-order valence-electron chi connectivity index (χ4n) is 2.95. The predicted octanol–water partition coefficient (Wildman–Crippen LogP) is 4.36. The second-order valence-electron chi connectivity index (χ2n) is 7.35. The van der Waals surface area contributed by atoms with Crippen LogP contribution in [0.2, 0.25) is 0 Å². The van der Waals surface area contributed by atoms with Crippen LogP contribution in [0.15, 0.2) is 77.7 Å². The van der Waals surface area contributed by atoms with Crippen molar-refractivity contribution in [2.24, 2.45) is 5.73 Å². The van der Waals surface area contributed by atoms with Gasteiger partial charge in [0.1, 0.15) is 5.84 Å². The first-order valence-corrected chi connectivity index (χ1v) is 11.4. The number of unbranched alkanes of at least 4 members (excludes halogenated alkanes) is 1. The topological polar surface area (TPSA) is 130 Å². The number of anilines is 1. The molecule has 0 saturated heterocycles. The third kappa shape index (κ3) is 8.62. The summed E-state index contributed by atoms with van der Waals surface area (Å²) in [7, 11) is -4.02. The Labute approximate surface area is 184 Å². The predicted molar refractivity (Wildman–Crippen MR) is 126 cm³/mol. The molecule has 6 nitrogen and oxygen atoms in total. The minimum absolute atomic E-state index is 0.0666. The van der Waals surface area contributed by atoms with Crippen LogP contribution in [0.3, 0.4) is 0 Å². The molecule has 0 radical (unpaired) electrons. The molecular weight excluding hydrogens is 410 g/mol. The molecule has 7 heteroatoms. The Morgan fingerprint density at radius 2 is 1.48 bits per heavy atom. The average molecular weight is 440 g/mol. The Kier molecular flexibility index (Phi) is 8.78. The Morgan fingerprint density at radius 1 is 0.903 bits per heavy atom. The Morgan fingerprint density at radius 3 is 2.03 bits per heavy atom. The minimum atomic E-state index is -4.02. The third-order valence-electron chi connectivity index (χ3n) is 4.72. The fraction of sp³-hybridized carbons (Fsp3) is 0.208. The van der Waals surface area contributed by atoms with Crippen molar-refractivity contribution in [2.45, 2.75) is 37.5 Å². The summed E-state index contributed by atoms with van der Waals surface area (Å²) < 4.78 is 29.6. The monoisotopic (exact) mass is 439 g/mol. The molecule has 0 unspecified atom stereocenters. The molecule has 0 aliphatic carbocycles. The van der Waals surface area contributed by atoms with Crippen LogP contribution < -0.4 is 11.5 Å². The number of nitrogens with two attached hydrogens (primary N) is 2. The lowest BCUT2D eigenvalue weighted by Crippen LogP contribution is -2.11. The highest BCUT2D eigenvalue weighted by Crippen LogP contribution is 2.12. The van der Waals surface area contributed by atoms with Crippen LogP contribution in [0, 0.1) is 12.3 Å². The first kappa shape index (κ1) is 24.1. The third-order valence-corrected chi connectivity index (χ3v) is 5.59. The zero-order valence-electron chi connectivity index (χ0n) is 17.6. The first-order valence-electron chi connectivity index (χ1n) is 9.97. The molecule has 0 atom stereocenters. The van der Waals surface area contributed by atoms with Crippen molar-refractivity contribution < 1.29 is 13.0 Å². The van der Waals surface area contributed by atoms with Gasteiger partial charge in [-0.25, -0.2) is 0 Å². The van der Waals surface area contributed by atoms with Gasteiger partial charge in [0.25, 0.3) is 10.1 Å². The molecule has 0 fully saturated rings. The lowest BCUT2D eigenvalue weighted by Gasteiger charge is -2.05. The summed E-state index contributed by atoms with van der Waals surface area (Å²) in [6.45, 7) is 1.84. The molecular formula is C24H29N3O3S. The van der Waals surface area contributed by atoms with E-state index in [1.165, 1.54) is 23.3 Å². The summed E-state index contributed by atoms with van der Waals surface area (Å²) >= 11 is 0. The second-order valence-corrected chi connectivity index (χ2v) is 8.77. The maximum atomic E-state index is 10.5. The highest BCUT2D eigenvalue weighted by molar-refractivity contribution is 7.85. The van der Waals surface area contributed by atoms with E-state index < -0.39 is 10.1 Å². The Balaban J connectivity index is 0.000000262. The number of amidine groups is 1. The van der Waals surface area contributed by atoms with Crippen LogP contribution in [-0.4, -0.2) is 18.8 Å². The molecule has 164 valence electrons. The van der Waals surface area contributed by atoms with E-state index in [1.807, 2.05) is 37.3 Å². The van der Waals surface area contributed by atoms with Crippen molar-refractivity contribution in [3.8, 4) is 0 Å². The molecule has 6 N–H and O–H groups in total. The molecule has 0 aliphatic rings. The van der Waals surface area contributed by atoms with E-state index in [-0.39, 0.29) is 10.7 Å². The molecule has 0 heterocycles. The molecule has 0 aliphatic heterocycles. The standard InChI is InChI=1S/C17H21N3.C7H8O3S/c18-16-10-8-13(9-11-16)4-1-2-5-14-6-3-7-15(12-14)17(19)20;1-6-2-4-7(5-3-6)11(8,9)10/h3,6-12H,1-2,4-5,18H2,(H3,19,20);2-5H,1H3,(H,8,9,10). The number of nitrogen functional groups attached to an aromatic ring is 2. The van der Waals surface area contributed by atoms with E-state index in [9.17, 15) is 8.42 Å². The lowest BCUT2D eigenvalue weighted by atomic mass is 10.0. The van der Waals surface area contributed by atoms with E-state index in [2.05, 4.69) is 18.2 Å². The van der Waals surface area contributed by atoms with Crippen LogP contribution >= 0.6 is 0 Å². The van der Waals surface area contributed by atoms with Crippen molar-refractivity contribution >= 4 is 21.6 Å². The Hall–Kier alpha value is -3.16. The number of benzene rings is 3. The smallest absolute Gasteiger partial charge is 0.294 e. The highest BCUT2D eigenvalue weighted by atomic mass is 32.2. The van der Waals surface area contributed by atoms with E-state index >= 15 is 0 Å². The normalized spacial score (nSPS) is 10.8. The summed E-state index contributed by atoms with van der Waals surface area (Å²) in [5.41, 5.74) is 16.3. The van der Waals surface area contributed by atoms with Gasteiger partial charge in [-0.2, -0.15) is 8.42 Å². The number of nitrogens with one attached hydrogen (secondary N) is 1. The maximum Gasteiger partial charge on any atom is 0.294 e. The molecule has 0 amide bonds. The average Bonchev–Trinajstić information content (AvgIpc) is 2.73. The summed E-state index contributed by atoms with van der Waals surface area (Å²) in [5, 5.41) is 7.44. The summed E-state index contributed by atoms with van der Waals surface area (Å²) in [6, 6.07) is 22.0. The van der Waals surface area contributed by atoms with Crippen molar-refractivity contribution in [1.29, 1.82) is 5.41 Å². The van der Waals surface area contributed by atoms with Gasteiger partial charge in [-0.3, -0.25) is 9.96 Å². The van der Waals surface area contributed by atoms with Gasteiger partial charge in [-0.05, 0) is 74.1 Å². The molecule has 0 bridgehead atoms. The van der Waals surface area contributed by atoms with Gasteiger partial charge in [0.2, 0.25) is 0 Å². The van der Waals surface area contributed by atoms with Crippen LogP contribution in [0.25, 0.3) is 0 Å². The van der Waals surface area contributed by atoms with Crippen LogP contribution in [0.4, 0.5) is 5.69 Å². The van der Waals surface area contributed by atoms with E-state index in [4.69, 9.17) is 21.4 Å². The van der Waals surface area contributed by atoms with Crippen LogP contribution in [0.5, 0.6) is 0 Å². The zero-order chi connectivity index (χ0) is 22.9. The van der Waals surface area contributed by atoms with Gasteiger partial charge in [-0.1, -0.05) is 48.0 Å². The summed E-state index contributed by atoms with van der Waals surface area (Å²) in [5.74, 6) is 0.133. The van der Waals surface area contributed by atoms with Gasteiger partial charge < -0.3 is 11.5 Å². The van der Waals surface area contributed by atoms with Crippen molar-refractivity contribution in [3.05, 3.63) is 95.1 Å². The van der Waals surface area contributed by atoms with E-state index in [0.717, 1.165) is 42.5 Å². The zero-order valence-corrected chi connectivity index (χ0v) is 18.4. The second kappa shape index (κ2) is 11.3. The number of aryl methyl sites for hydroxylation is 3. The highest BCUT2D eigenvalue weighted by Gasteiger charge is 2.06. The molecule has 3 aromatic carbocycles. The fourth-order valence-corrected chi connectivity index (χ4v) is 3.43. The van der Waals surface area contributed by atoms with Gasteiger partial charge >= 0.3 is 0 Å². The van der Waals surface area contributed by atoms with Crippen molar-refractivity contribution in [3.63, 3.8) is 0 Å². The number of hydrogen-bond donors (Lipinski definition) is 4. The minimum Gasteiger partial charge on any atom is -0.399 e. The molecule has 3 rings (SSSR count). The van der Waals surface area contributed by atoms with Crippen LogP contribution in [-0.2, 0) is 23.0 Å². The quantitative estimate of drug-likeness (QED) is 0.143. The number of hydrogen-bond acceptors (Lipinski definition) is 4. The maximum absolute atomic E-state index is 10.5. The van der Waals surface area contributed by atoms with Crippen molar-refractivity contribution in [1.82, 2.24) is 0 Å². The van der Waals surface area contributed by atoms with Crippen LogP contribution in [0.1, 0.15) is 35.1 Å². The number of rotatable bonds is 7. The first-order chi connectivity index (χ1) is 14.6. The van der Waals surface area contributed by atoms with Crippen molar-refractivity contribution in [2.75, 3.05) is 5.73 Å². The summed E-state index contributed by atoms with van der Waals surface area (Å²) in [4.78, 5) is -0.0666. The van der Waals surface area contributed by atoms with E-state index in [1.54, 1.807) is 12.1 Å². The van der Waals surface area contributed by atoms with E-state index in [0.29, 0.717) is 0 Å². The molecule has 3 aromatic rings. The summed E-state index contributed by atoms with van der Waals surface area (Å²) in [6.07, 6.45) is 4.38. The molecule has 0 aromatic heterocycles. The van der Waals surface area contributed by atoms with Gasteiger partial charge in [0, 0.05) is 11.3 Å². The lowest BCUT2D eigenvalue weighted by molar-refractivity contribution is 0.483. The molecule has 0 saturated carbocycles. The molecule has 0 spiro atoms. The van der Waals surface area contributed by atoms with Gasteiger partial charge in [0.15, 0.2) is 0 Å². The largest absolute Gasteiger partial charge is 0.399 e. The molecule has 31 heavy (non-hydrogen) atoms. The van der Waals surface area contributed by atoms with Gasteiger partial charge in [0.05, 0.1) is 4.90 Å².